The fourth-order valence-electron chi connectivity index (χ4n) is 7.82. The monoisotopic (exact) mass is 966 g/mol. The molecule has 5 aromatic rings. The molecule has 0 saturated heterocycles. The molecule has 0 aliphatic rings. The highest BCUT2D eigenvalue weighted by Gasteiger charge is 2.52. The summed E-state index contributed by atoms with van der Waals surface area (Å²) in [6.45, 7) is 19.8. The average Bonchev–Trinajstić information content (AvgIpc) is 3.25. The highest BCUT2D eigenvalue weighted by Crippen LogP contribution is 2.41. The van der Waals surface area contributed by atoms with E-state index in [0.717, 1.165) is 21.0 Å². The highest BCUT2D eigenvalue weighted by atomic mass is 31.1. The summed E-state index contributed by atoms with van der Waals surface area (Å²) in [5, 5.41) is 9.01. The van der Waals surface area contributed by atoms with Crippen molar-refractivity contribution in [3.05, 3.63) is 156 Å². The number of hydrogen-bond acceptors (Lipinski definition) is 4. The van der Waals surface area contributed by atoms with E-state index in [1.165, 1.54) is 0 Å². The summed E-state index contributed by atoms with van der Waals surface area (Å²) >= 11 is 0. The summed E-state index contributed by atoms with van der Waals surface area (Å²) in [5.41, 5.74) is -4.22. The molecular weight excluding hydrogens is 906 g/mol. The Morgan fingerprint density at radius 3 is 1.36 bits per heavy atom. The van der Waals surface area contributed by atoms with Crippen LogP contribution in [0.2, 0.25) is 23.2 Å². The van der Waals surface area contributed by atoms with Crippen LogP contribution >= 0.6 is 7.92 Å². The quantitative estimate of drug-likeness (QED) is 0.0587. The topological polar surface area (TPSA) is 76.7 Å². The first-order valence-corrected chi connectivity index (χ1v) is 28.2. The van der Waals surface area contributed by atoms with E-state index in [0.29, 0.717) is 18.3 Å². The van der Waals surface area contributed by atoms with E-state index in [4.69, 9.17) is 8.85 Å². The lowest BCUT2D eigenvalue weighted by Gasteiger charge is -2.46. The highest BCUT2D eigenvalue weighted by molar-refractivity contribution is 7.73. The Morgan fingerprint density at radius 1 is 0.576 bits per heavy atom. The first kappa shape index (κ1) is 52.4. The summed E-state index contributed by atoms with van der Waals surface area (Å²) in [5.74, 6) is -2.04. The second-order valence-corrected chi connectivity index (χ2v) is 30.5. The molecule has 0 saturated carbocycles. The van der Waals surface area contributed by atoms with Gasteiger partial charge in [-0.1, -0.05) is 163 Å². The van der Waals surface area contributed by atoms with Gasteiger partial charge in [0.15, 0.2) is 8.32 Å². The second kappa shape index (κ2) is 20.7. The number of halogens is 6. The fourth-order valence-corrected chi connectivity index (χ4v) is 16.5. The van der Waals surface area contributed by atoms with Crippen molar-refractivity contribution < 1.29 is 44.8 Å². The summed E-state index contributed by atoms with van der Waals surface area (Å²) in [6, 6.07) is 38.2. The zero-order chi connectivity index (χ0) is 48.9. The Bertz CT molecular complexity index is 2270. The molecule has 66 heavy (non-hydrogen) atoms. The average molecular weight is 967 g/mol. The summed E-state index contributed by atoms with van der Waals surface area (Å²) < 4.78 is 98.3. The SMILES string of the molecule is CC(O[Si](c1ccccc1)(c1ccccc1)C(C)(C)C)C(CP(c1ccccc1)c1ccccc1)NC(=O)C(NC(=O)c1cc(C(F)(F)F)cc(C(F)(F)F)c1)C(C)O[Si](C)(C)C(C)(C)C. The number of carbonyl (C=O) groups excluding carboxylic acids is 2. The zero-order valence-corrected chi connectivity index (χ0v) is 42.0. The van der Waals surface area contributed by atoms with E-state index in [1.807, 2.05) is 138 Å². The molecule has 0 aliphatic carbocycles. The third-order valence-corrected chi connectivity index (χ3v) is 24.7. The van der Waals surface area contributed by atoms with Gasteiger partial charge in [-0.2, -0.15) is 26.3 Å². The van der Waals surface area contributed by atoms with Crippen molar-refractivity contribution >= 4 is 57.4 Å². The van der Waals surface area contributed by atoms with Gasteiger partial charge in [0.2, 0.25) is 5.91 Å². The van der Waals surface area contributed by atoms with Gasteiger partial charge in [0.05, 0.1) is 29.4 Å². The van der Waals surface area contributed by atoms with Crippen LogP contribution in [0.3, 0.4) is 0 Å². The normalized spacial score (nSPS) is 14.9. The van der Waals surface area contributed by atoms with Crippen LogP contribution in [0.25, 0.3) is 0 Å². The standard InChI is InChI=1S/C51H61F6N2O4PSi2/c1-35(63-66(49(6,7)8,42-27-19-13-20-28-42)43-29-21-14-22-30-43)44(34-64(40-23-15-11-16-24-40)41-25-17-12-18-26-41)58-47(61)45(36(2)62-65(9,10)48(3,4)5)59-46(60)37-31-38(50(52,53)54)33-39(32-37)51(55,56)57/h11-33,35-36,44-45H,34H2,1-10H3,(H,58,61)(H,59,60). The Kier molecular flexibility index (Phi) is 16.4. The number of alkyl halides is 6. The molecule has 0 fully saturated rings. The van der Waals surface area contributed by atoms with Gasteiger partial charge in [0.25, 0.3) is 14.2 Å². The van der Waals surface area contributed by atoms with Crippen LogP contribution in [-0.4, -0.2) is 58.9 Å². The van der Waals surface area contributed by atoms with E-state index < -0.39 is 94.7 Å². The Labute approximate surface area is 388 Å². The Hall–Kier alpha value is -4.60. The van der Waals surface area contributed by atoms with Gasteiger partial charge in [-0.3, -0.25) is 9.59 Å². The number of nitrogens with one attached hydrogen (secondary N) is 2. The molecule has 5 rings (SSSR count). The molecule has 0 aliphatic heterocycles. The first-order valence-electron chi connectivity index (χ1n) is 21.9. The van der Waals surface area contributed by atoms with Crippen LogP contribution in [0.4, 0.5) is 26.3 Å². The number of amides is 2. The van der Waals surface area contributed by atoms with E-state index in [2.05, 4.69) is 55.7 Å². The Morgan fingerprint density at radius 2 is 0.985 bits per heavy atom. The lowest BCUT2D eigenvalue weighted by molar-refractivity contribution is -0.143. The number of benzene rings is 5. The molecule has 2 amide bonds. The van der Waals surface area contributed by atoms with Crippen molar-refractivity contribution in [1.82, 2.24) is 10.6 Å². The maximum absolute atomic E-state index is 15.2. The van der Waals surface area contributed by atoms with Gasteiger partial charge in [-0.05, 0) is 90.3 Å². The molecule has 2 N–H and O–H groups in total. The molecule has 4 unspecified atom stereocenters. The molecule has 5 aromatic carbocycles. The molecule has 0 spiro atoms. The van der Waals surface area contributed by atoms with Gasteiger partial charge in [-0.15, -0.1) is 0 Å². The summed E-state index contributed by atoms with van der Waals surface area (Å²) in [6.07, 6.45) is -11.8. The van der Waals surface area contributed by atoms with E-state index in [1.54, 1.807) is 6.92 Å². The van der Waals surface area contributed by atoms with Crippen LogP contribution in [0.1, 0.15) is 76.9 Å². The molecular formula is C51H61F6N2O4PSi2. The minimum Gasteiger partial charge on any atom is -0.412 e. The summed E-state index contributed by atoms with van der Waals surface area (Å²) in [7, 11) is -7.18. The van der Waals surface area contributed by atoms with Gasteiger partial charge < -0.3 is 19.5 Å². The van der Waals surface area contributed by atoms with Crippen molar-refractivity contribution in [2.45, 2.75) is 115 Å². The molecule has 0 radical (unpaired) electrons. The minimum atomic E-state index is -5.20. The molecule has 4 atom stereocenters. The third kappa shape index (κ3) is 12.5. The third-order valence-electron chi connectivity index (χ3n) is 12.4. The lowest BCUT2D eigenvalue weighted by Crippen LogP contribution is -2.69. The molecule has 6 nitrogen and oxygen atoms in total. The number of carbonyl (C=O) groups is 2. The van der Waals surface area contributed by atoms with Crippen LogP contribution in [0.5, 0.6) is 0 Å². The molecule has 0 aromatic heterocycles. The van der Waals surface area contributed by atoms with Crippen molar-refractivity contribution in [2.24, 2.45) is 0 Å². The number of rotatable bonds is 16. The zero-order valence-electron chi connectivity index (χ0n) is 39.1. The molecule has 0 heterocycles. The van der Waals surface area contributed by atoms with Gasteiger partial charge >= 0.3 is 12.4 Å². The van der Waals surface area contributed by atoms with Crippen LogP contribution in [-0.2, 0) is 26.0 Å². The van der Waals surface area contributed by atoms with Crippen LogP contribution in [0.15, 0.2) is 140 Å². The van der Waals surface area contributed by atoms with Gasteiger partial charge in [0, 0.05) is 5.56 Å². The maximum atomic E-state index is 15.2. The predicted molar refractivity (Wildman–Crippen MR) is 259 cm³/mol. The van der Waals surface area contributed by atoms with Crippen molar-refractivity contribution in [3.8, 4) is 0 Å². The smallest absolute Gasteiger partial charge is 0.412 e. The van der Waals surface area contributed by atoms with E-state index in [-0.39, 0.29) is 11.1 Å². The fraction of sp³-hybridized carbons (Fsp3) is 0.373. The molecule has 354 valence electrons. The van der Waals surface area contributed by atoms with Crippen molar-refractivity contribution in [1.29, 1.82) is 0 Å². The largest absolute Gasteiger partial charge is 0.416 e. The van der Waals surface area contributed by atoms with Crippen LogP contribution in [0, 0.1) is 0 Å². The Balaban J connectivity index is 1.67. The van der Waals surface area contributed by atoms with Crippen molar-refractivity contribution in [3.63, 3.8) is 0 Å². The minimum absolute atomic E-state index is 0.0420. The predicted octanol–water partition coefficient (Wildman–Crippen LogP) is 10.8. The summed E-state index contributed by atoms with van der Waals surface area (Å²) in [4.78, 5) is 29.3. The molecule has 15 heteroatoms. The van der Waals surface area contributed by atoms with Gasteiger partial charge in [-0.25, -0.2) is 0 Å². The number of hydrogen-bond donors (Lipinski definition) is 2. The maximum Gasteiger partial charge on any atom is 0.416 e. The van der Waals surface area contributed by atoms with E-state index >= 15 is 4.79 Å². The molecule has 0 bridgehead atoms. The van der Waals surface area contributed by atoms with Gasteiger partial charge in [0.1, 0.15) is 6.04 Å². The van der Waals surface area contributed by atoms with Crippen molar-refractivity contribution in [2.75, 3.05) is 6.16 Å². The second-order valence-electron chi connectivity index (χ2n) is 19.2. The lowest BCUT2D eigenvalue weighted by atomic mass is 10.0. The first-order chi connectivity index (χ1) is 30.7. The van der Waals surface area contributed by atoms with Crippen LogP contribution < -0.4 is 31.6 Å². The van der Waals surface area contributed by atoms with E-state index in [9.17, 15) is 31.1 Å².